The van der Waals surface area contributed by atoms with Crippen LogP contribution < -0.4 is 0 Å². The van der Waals surface area contributed by atoms with Gasteiger partial charge in [-0.3, -0.25) is 9.98 Å². The van der Waals surface area contributed by atoms with Gasteiger partial charge in [0.15, 0.2) is 0 Å². The minimum Gasteiger partial charge on any atom is -0.758 e. The molecule has 0 aliphatic carbocycles. The Morgan fingerprint density at radius 3 is 1.21 bits per heavy atom. The summed E-state index contributed by atoms with van der Waals surface area (Å²) in [7, 11) is 0. The van der Waals surface area contributed by atoms with Crippen LogP contribution in [0.5, 0.6) is 0 Å². The summed E-state index contributed by atoms with van der Waals surface area (Å²) in [6.07, 6.45) is 0. The molecule has 0 unspecified atom stereocenters. The Kier molecular flexibility index (Phi) is 9.93. The molecule has 0 bridgehead atoms. The molecule has 0 fully saturated rings. The van der Waals surface area contributed by atoms with Gasteiger partial charge >= 0.3 is 0 Å². The second-order valence-corrected chi connectivity index (χ2v) is 9.06. The third kappa shape index (κ3) is 7.58. The summed E-state index contributed by atoms with van der Waals surface area (Å²) in [4.78, 5) is 17.9. The number of aromatic nitrogens is 2. The summed E-state index contributed by atoms with van der Waals surface area (Å²) >= 11 is 10.7. The molecule has 0 amide bonds. The van der Waals surface area contributed by atoms with E-state index in [1.54, 1.807) is 0 Å². The SMILES string of the molecule is [S-]C(=Nc1ccccc1)c1ccc2ccccc2n1.[S-]C(=Nc1ccccc1)c1ccc2ccccc2n1.[Zn]. The van der Waals surface area contributed by atoms with Gasteiger partial charge in [0.1, 0.15) is 0 Å². The number of pyridine rings is 2. The van der Waals surface area contributed by atoms with E-state index < -0.39 is 0 Å². The fourth-order valence-electron chi connectivity index (χ4n) is 3.72. The quantitative estimate of drug-likeness (QED) is 0.0911. The van der Waals surface area contributed by atoms with Gasteiger partial charge < -0.3 is 25.3 Å². The van der Waals surface area contributed by atoms with Crippen molar-refractivity contribution in [3.05, 3.63) is 145 Å². The van der Waals surface area contributed by atoms with Crippen LogP contribution in [-0.2, 0) is 44.7 Å². The number of para-hydroxylation sites is 4. The molecule has 2 heterocycles. The van der Waals surface area contributed by atoms with Gasteiger partial charge in [0, 0.05) is 30.3 Å². The molecular formula is C32H22N4S2Zn-2. The minimum absolute atomic E-state index is 0. The number of fused-ring (bicyclic) bond motifs is 2. The molecule has 4 aromatic carbocycles. The van der Waals surface area contributed by atoms with Crippen molar-refractivity contribution in [1.29, 1.82) is 0 Å². The number of aliphatic imine (C=N–C) groups is 2. The Morgan fingerprint density at radius 1 is 0.436 bits per heavy atom. The first-order valence-electron chi connectivity index (χ1n) is 12.0. The van der Waals surface area contributed by atoms with E-state index in [2.05, 4.69) is 20.0 Å². The van der Waals surface area contributed by atoms with Crippen molar-refractivity contribution in [3.8, 4) is 0 Å². The molecule has 0 atom stereocenters. The molecule has 6 rings (SSSR count). The molecule has 0 aliphatic rings. The average Bonchev–Trinajstić information content (AvgIpc) is 2.98. The number of rotatable bonds is 4. The van der Waals surface area contributed by atoms with Gasteiger partial charge in [0.25, 0.3) is 0 Å². The number of nitrogens with zero attached hydrogens (tertiary/aromatic N) is 4. The van der Waals surface area contributed by atoms with Gasteiger partial charge in [-0.1, -0.05) is 95.0 Å². The third-order valence-corrected chi connectivity index (χ3v) is 6.21. The largest absolute Gasteiger partial charge is 0.758 e. The van der Waals surface area contributed by atoms with Crippen LogP contribution in [0.3, 0.4) is 0 Å². The van der Waals surface area contributed by atoms with Gasteiger partial charge in [0.2, 0.25) is 0 Å². The van der Waals surface area contributed by atoms with Crippen LogP contribution in [0.1, 0.15) is 11.4 Å². The summed E-state index contributed by atoms with van der Waals surface area (Å²) in [6.45, 7) is 0. The predicted molar refractivity (Wildman–Crippen MR) is 163 cm³/mol. The molecule has 0 spiro atoms. The maximum atomic E-state index is 5.34. The van der Waals surface area contributed by atoms with Gasteiger partial charge in [-0.25, -0.2) is 9.97 Å². The van der Waals surface area contributed by atoms with Crippen molar-refractivity contribution in [3.63, 3.8) is 0 Å². The zero-order valence-corrected chi connectivity index (χ0v) is 25.6. The summed E-state index contributed by atoms with van der Waals surface area (Å²) in [5.74, 6) is 0. The molecule has 0 saturated heterocycles. The normalized spacial score (nSPS) is 11.4. The monoisotopic (exact) mass is 590 g/mol. The van der Waals surface area contributed by atoms with Crippen molar-refractivity contribution in [1.82, 2.24) is 9.97 Å². The van der Waals surface area contributed by atoms with Crippen LogP contribution >= 0.6 is 0 Å². The summed E-state index contributed by atoms with van der Waals surface area (Å²) in [6, 6.07) is 43.2. The third-order valence-electron chi connectivity index (χ3n) is 5.61. The molecule has 4 nitrogen and oxygen atoms in total. The van der Waals surface area contributed by atoms with Crippen LogP contribution in [0.4, 0.5) is 11.4 Å². The second-order valence-electron chi connectivity index (χ2n) is 8.28. The van der Waals surface area contributed by atoms with Crippen LogP contribution in [0, 0.1) is 0 Å². The molecule has 0 radical (unpaired) electrons. The Hall–Kier alpha value is -3.90. The Balaban J connectivity index is 0.000000176. The van der Waals surface area contributed by atoms with E-state index in [-0.39, 0.29) is 19.5 Å². The maximum Gasteiger partial charge on any atom is 0.0709 e. The molecule has 7 heteroatoms. The summed E-state index contributed by atoms with van der Waals surface area (Å²) in [5.41, 5.74) is 5.04. The average molecular weight is 592 g/mol. The topological polar surface area (TPSA) is 50.5 Å². The van der Waals surface area contributed by atoms with E-state index in [1.807, 2.05) is 133 Å². The molecule has 0 saturated carbocycles. The van der Waals surface area contributed by atoms with E-state index in [4.69, 9.17) is 25.3 Å². The van der Waals surface area contributed by atoms with E-state index in [1.165, 1.54) is 0 Å². The van der Waals surface area contributed by atoms with Crippen molar-refractivity contribution in [2.45, 2.75) is 0 Å². The summed E-state index contributed by atoms with van der Waals surface area (Å²) in [5, 5.41) is 3.23. The summed E-state index contributed by atoms with van der Waals surface area (Å²) < 4.78 is 0. The first-order chi connectivity index (χ1) is 18.7. The minimum atomic E-state index is 0. The maximum absolute atomic E-state index is 5.34. The number of hydrogen-bond donors (Lipinski definition) is 0. The van der Waals surface area contributed by atoms with E-state index in [0.717, 1.165) is 44.6 Å². The zero-order valence-electron chi connectivity index (χ0n) is 21.0. The Labute approximate surface area is 251 Å². The van der Waals surface area contributed by atoms with Crippen LogP contribution in [0.15, 0.2) is 143 Å². The first-order valence-corrected chi connectivity index (χ1v) is 12.8. The van der Waals surface area contributed by atoms with Gasteiger partial charge in [-0.2, -0.15) is 0 Å². The van der Waals surface area contributed by atoms with Gasteiger partial charge in [-0.05, 0) is 48.5 Å². The molecule has 2 aromatic heterocycles. The number of hydrogen-bond acceptors (Lipinski definition) is 6. The molecule has 39 heavy (non-hydrogen) atoms. The molecule has 0 aliphatic heterocycles. The van der Waals surface area contributed by atoms with Crippen molar-refractivity contribution in [2.24, 2.45) is 9.98 Å². The van der Waals surface area contributed by atoms with E-state index in [0.29, 0.717) is 10.1 Å². The Bertz CT molecular complexity index is 1610. The second kappa shape index (κ2) is 13.8. The fourth-order valence-corrected chi connectivity index (χ4v) is 4.16. The molecular weight excluding hydrogens is 570 g/mol. The standard InChI is InChI=1S/2C16H12N2S.Zn/c2*19-16(17-13-7-2-1-3-8-13)15-11-10-12-6-4-5-9-14(12)18-15;/h2*1-11H,(H,17,19);/p-2. The van der Waals surface area contributed by atoms with Crippen LogP contribution in [-0.4, -0.2) is 20.1 Å². The zero-order chi connectivity index (χ0) is 26.2. The predicted octanol–water partition coefficient (Wildman–Crippen LogP) is 7.72. The first kappa shape index (κ1) is 28.1. The fraction of sp³-hybridized carbons (Fsp3) is 0. The molecule has 0 N–H and O–H groups in total. The smallest absolute Gasteiger partial charge is 0.0709 e. The Morgan fingerprint density at radius 2 is 0.795 bits per heavy atom. The number of benzene rings is 4. The van der Waals surface area contributed by atoms with E-state index in [9.17, 15) is 0 Å². The molecule has 6 aromatic rings. The molecule has 186 valence electrons. The van der Waals surface area contributed by atoms with Crippen molar-refractivity contribution < 1.29 is 19.5 Å². The van der Waals surface area contributed by atoms with Gasteiger partial charge in [0.05, 0.1) is 33.8 Å². The van der Waals surface area contributed by atoms with Crippen molar-refractivity contribution >= 4 is 68.5 Å². The van der Waals surface area contributed by atoms with E-state index >= 15 is 0 Å². The van der Waals surface area contributed by atoms with Gasteiger partial charge in [-0.15, -0.1) is 0 Å². The van der Waals surface area contributed by atoms with Crippen molar-refractivity contribution in [2.75, 3.05) is 0 Å². The van der Waals surface area contributed by atoms with Crippen LogP contribution in [0.25, 0.3) is 21.8 Å². The van der Waals surface area contributed by atoms with Crippen LogP contribution in [0.2, 0.25) is 0 Å².